The smallest absolute Gasteiger partial charge is 0.0632 e. The fraction of sp³-hybridized carbons (Fsp3) is 0.947. The molecule has 0 heterocycles. The average Bonchev–Trinajstić information content (AvgIpc) is 2.84. The third-order valence-corrected chi connectivity index (χ3v) is 8.50. The van der Waals surface area contributed by atoms with Gasteiger partial charge in [0.25, 0.3) is 0 Å². The lowest BCUT2D eigenvalue weighted by atomic mass is 9.45. The first-order chi connectivity index (χ1) is 10.5. The summed E-state index contributed by atoms with van der Waals surface area (Å²) in [4.78, 5) is 0. The molecule has 124 valence electrons. The van der Waals surface area contributed by atoms with Crippen molar-refractivity contribution in [1.82, 2.24) is 0 Å². The number of fused-ring (bicyclic) bond motifs is 5. The lowest BCUT2D eigenvalue weighted by molar-refractivity contribution is -0.114. The highest BCUT2D eigenvalue weighted by Gasteiger charge is 2.59. The van der Waals surface area contributed by atoms with Crippen LogP contribution in [-0.2, 0) is 0 Å². The van der Waals surface area contributed by atoms with E-state index in [0.717, 1.165) is 48.6 Å². The van der Waals surface area contributed by atoms with Crippen molar-refractivity contribution in [1.29, 1.82) is 0 Å². The molecule has 4 fully saturated rings. The molecule has 0 amide bonds. The fourth-order valence-electron chi connectivity index (χ4n) is 7.19. The van der Waals surface area contributed by atoms with E-state index in [4.69, 9.17) is 0 Å². The Labute approximate surface area is 134 Å². The highest BCUT2D eigenvalue weighted by Crippen LogP contribution is 2.65. The van der Waals surface area contributed by atoms with Gasteiger partial charge in [-0.3, -0.25) is 0 Å². The maximum Gasteiger partial charge on any atom is 0.0632 e. The first-order valence-corrected chi connectivity index (χ1v) is 9.38. The molecular weight excluding hydrogens is 274 g/mol. The molecule has 3 heteroatoms. The van der Waals surface area contributed by atoms with Gasteiger partial charge in [-0.2, -0.15) is 0 Å². The minimum absolute atomic E-state index is 0.0527. The van der Waals surface area contributed by atoms with Gasteiger partial charge >= 0.3 is 0 Å². The summed E-state index contributed by atoms with van der Waals surface area (Å²) in [7, 11) is 0. The molecule has 2 N–H and O–H groups in total. The summed E-state index contributed by atoms with van der Waals surface area (Å²) in [6, 6.07) is 0. The predicted molar refractivity (Wildman–Crippen MR) is 87.0 cm³/mol. The second-order valence-electron chi connectivity index (χ2n) is 9.13. The monoisotopic (exact) mass is 305 g/mol. The maximum atomic E-state index is 10.1. The molecule has 4 aliphatic carbocycles. The topological polar surface area (TPSA) is 52.8 Å². The zero-order valence-corrected chi connectivity index (χ0v) is 14.1. The zero-order chi connectivity index (χ0) is 15.5. The van der Waals surface area contributed by atoms with Crippen molar-refractivity contribution in [3.05, 3.63) is 0 Å². The molecule has 4 saturated carbocycles. The molecule has 0 aliphatic heterocycles. The molecule has 4 aliphatic rings. The number of hydrogen-bond donors (Lipinski definition) is 2. The van der Waals surface area contributed by atoms with Gasteiger partial charge in [0.2, 0.25) is 0 Å². The molecule has 7 atom stereocenters. The van der Waals surface area contributed by atoms with Gasteiger partial charge in [0.1, 0.15) is 0 Å². The Hall–Kier alpha value is -0.570. The van der Waals surface area contributed by atoms with Crippen LogP contribution in [0.1, 0.15) is 71.6 Å². The van der Waals surface area contributed by atoms with Crippen molar-refractivity contribution in [3.63, 3.8) is 0 Å². The molecular formula is C19H31NO2. The Morgan fingerprint density at radius 1 is 1.00 bits per heavy atom. The number of aliphatic hydroxyl groups excluding tert-OH is 1. The van der Waals surface area contributed by atoms with E-state index in [1.54, 1.807) is 0 Å². The van der Waals surface area contributed by atoms with Crippen LogP contribution in [0.25, 0.3) is 0 Å². The Morgan fingerprint density at radius 3 is 2.59 bits per heavy atom. The maximum absolute atomic E-state index is 10.1. The van der Waals surface area contributed by atoms with Crippen molar-refractivity contribution in [2.45, 2.75) is 77.7 Å². The summed E-state index contributed by atoms with van der Waals surface area (Å²) >= 11 is 0. The zero-order valence-electron chi connectivity index (χ0n) is 14.1. The van der Waals surface area contributed by atoms with Crippen molar-refractivity contribution in [3.8, 4) is 0 Å². The van der Waals surface area contributed by atoms with Crippen LogP contribution in [0.2, 0.25) is 0 Å². The first-order valence-electron chi connectivity index (χ1n) is 9.38. The molecule has 22 heavy (non-hydrogen) atoms. The van der Waals surface area contributed by atoms with E-state index in [0.29, 0.717) is 5.41 Å². The van der Waals surface area contributed by atoms with Gasteiger partial charge in [0, 0.05) is 5.41 Å². The number of aliphatic hydroxyl groups is 1. The summed E-state index contributed by atoms with van der Waals surface area (Å²) in [6.45, 7) is 4.88. The molecule has 0 spiro atoms. The van der Waals surface area contributed by atoms with Crippen LogP contribution in [0.5, 0.6) is 0 Å². The Kier molecular flexibility index (Phi) is 3.38. The van der Waals surface area contributed by atoms with Gasteiger partial charge < -0.3 is 10.3 Å². The van der Waals surface area contributed by atoms with E-state index < -0.39 is 0 Å². The van der Waals surface area contributed by atoms with E-state index in [1.807, 2.05) is 0 Å². The second kappa shape index (κ2) is 4.96. The molecule has 3 nitrogen and oxygen atoms in total. The van der Waals surface area contributed by atoms with Gasteiger partial charge in [0.05, 0.1) is 11.8 Å². The van der Waals surface area contributed by atoms with Crippen LogP contribution < -0.4 is 0 Å². The minimum atomic E-state index is -0.0527. The minimum Gasteiger partial charge on any atom is -0.411 e. The average molecular weight is 305 g/mol. The van der Waals surface area contributed by atoms with Gasteiger partial charge in [-0.1, -0.05) is 19.0 Å². The van der Waals surface area contributed by atoms with E-state index in [-0.39, 0.29) is 11.5 Å². The molecule has 0 aromatic carbocycles. The highest BCUT2D eigenvalue weighted by molar-refractivity contribution is 5.91. The van der Waals surface area contributed by atoms with Crippen LogP contribution in [0.3, 0.4) is 0 Å². The predicted octanol–water partition coefficient (Wildman–Crippen LogP) is 4.22. The van der Waals surface area contributed by atoms with E-state index in [1.165, 1.54) is 38.5 Å². The highest BCUT2D eigenvalue weighted by atomic mass is 16.4. The Balaban J connectivity index is 1.63. The number of hydrogen-bond acceptors (Lipinski definition) is 3. The quantitative estimate of drug-likeness (QED) is 0.520. The van der Waals surface area contributed by atoms with Crippen LogP contribution in [0, 0.1) is 34.5 Å². The fourth-order valence-corrected chi connectivity index (χ4v) is 7.19. The standard InChI is InChI=1S/C19H31NO2/c1-18-9-7-13(21)11-12(18)3-4-14-15-5-6-17(20-22)19(15,2)10-8-16(14)18/h12-16,21-22H,3-11H2,1-2H3/b20-17-/t12-,13+,14+,15+,16+,18+,19+/m1/s1. The second-order valence-corrected chi connectivity index (χ2v) is 9.13. The van der Waals surface area contributed by atoms with Crippen LogP contribution in [0.15, 0.2) is 5.16 Å². The van der Waals surface area contributed by atoms with Crippen molar-refractivity contribution in [2.24, 2.45) is 39.7 Å². The number of oxime groups is 1. The normalized spacial score (nSPS) is 56.3. The van der Waals surface area contributed by atoms with Crippen LogP contribution >= 0.6 is 0 Å². The van der Waals surface area contributed by atoms with Gasteiger partial charge in [0.15, 0.2) is 0 Å². The molecule has 0 bridgehead atoms. The van der Waals surface area contributed by atoms with Gasteiger partial charge in [-0.05, 0) is 86.9 Å². The third kappa shape index (κ3) is 1.87. The first kappa shape index (κ1) is 15.0. The number of rotatable bonds is 0. The molecule has 0 radical (unpaired) electrons. The molecule has 0 aromatic heterocycles. The van der Waals surface area contributed by atoms with Gasteiger partial charge in [-0.25, -0.2) is 0 Å². The summed E-state index contributed by atoms with van der Waals surface area (Å²) in [5.74, 6) is 3.10. The van der Waals surface area contributed by atoms with Crippen molar-refractivity contribution < 1.29 is 10.3 Å². The largest absolute Gasteiger partial charge is 0.411 e. The SMILES string of the molecule is C[C@]12CC[C@H](O)C[C@H]1CC[C@@H]1[C@@H]2CC[C@]2(C)/C(=N\O)CC[C@@H]12. The van der Waals surface area contributed by atoms with E-state index >= 15 is 0 Å². The Morgan fingerprint density at radius 2 is 1.82 bits per heavy atom. The van der Waals surface area contributed by atoms with E-state index in [9.17, 15) is 10.3 Å². The Bertz CT molecular complexity index is 490. The molecule has 4 rings (SSSR count). The van der Waals surface area contributed by atoms with Gasteiger partial charge in [-0.15, -0.1) is 0 Å². The summed E-state index contributed by atoms with van der Waals surface area (Å²) in [5.41, 5.74) is 1.68. The van der Waals surface area contributed by atoms with Crippen molar-refractivity contribution >= 4 is 5.71 Å². The molecule has 0 aromatic rings. The van der Waals surface area contributed by atoms with Crippen molar-refractivity contribution in [2.75, 3.05) is 0 Å². The molecule has 0 unspecified atom stereocenters. The third-order valence-electron chi connectivity index (χ3n) is 8.50. The van der Waals surface area contributed by atoms with Crippen LogP contribution in [-0.4, -0.2) is 22.1 Å². The lowest BCUT2D eigenvalue weighted by Crippen LogP contribution is -2.54. The lowest BCUT2D eigenvalue weighted by Gasteiger charge is -2.60. The summed E-state index contributed by atoms with van der Waals surface area (Å²) in [5, 5.41) is 23.1. The summed E-state index contributed by atoms with van der Waals surface area (Å²) in [6.07, 6.45) is 10.5. The number of nitrogens with zero attached hydrogens (tertiary/aromatic N) is 1. The van der Waals surface area contributed by atoms with Crippen LogP contribution in [0.4, 0.5) is 0 Å². The molecule has 0 saturated heterocycles. The van der Waals surface area contributed by atoms with E-state index in [2.05, 4.69) is 19.0 Å². The summed E-state index contributed by atoms with van der Waals surface area (Å²) < 4.78 is 0.